The molecule has 0 radical (unpaired) electrons. The summed E-state index contributed by atoms with van der Waals surface area (Å²) in [6.45, 7) is 9.02. The molecule has 1 aromatic heterocycles. The first-order valence-electron chi connectivity index (χ1n) is 12.1. The maximum absolute atomic E-state index is 12.5. The molecule has 0 bridgehead atoms. The molecule has 3 heterocycles. The number of fused-ring (bicyclic) bond motifs is 1. The van der Waals surface area contributed by atoms with E-state index in [9.17, 15) is 9.59 Å². The number of amides is 2. The topological polar surface area (TPSA) is 106 Å². The van der Waals surface area contributed by atoms with Crippen molar-refractivity contribution in [2.75, 3.05) is 38.0 Å². The molecule has 9 heteroatoms. The highest BCUT2D eigenvalue weighted by atomic mass is 16.5. The molecule has 2 aromatic carbocycles. The van der Waals surface area contributed by atoms with Crippen molar-refractivity contribution in [1.29, 1.82) is 0 Å². The number of hydrogen-bond donors (Lipinski definition) is 2. The number of aromatic nitrogens is 2. The van der Waals surface area contributed by atoms with Crippen LogP contribution in [0.3, 0.4) is 0 Å². The number of ether oxygens (including phenoxy) is 1. The molecule has 9 nitrogen and oxygen atoms in total. The number of nitrogens with two attached hydrogens (primary N) is 1. The minimum atomic E-state index is -0.543. The Labute approximate surface area is 210 Å². The summed E-state index contributed by atoms with van der Waals surface area (Å²) in [5, 5.41) is 8.22. The van der Waals surface area contributed by atoms with E-state index in [1.54, 1.807) is 9.58 Å². The van der Waals surface area contributed by atoms with Crippen molar-refractivity contribution in [3.05, 3.63) is 78.1 Å². The number of nitrogens with zero attached hydrogens (tertiary/aromatic N) is 4. The molecule has 1 fully saturated rings. The standard InChI is InChI=1S/C27H30N6O3/c1-3-23(34)32-16-14-31(15-17-32)21-12-13-29-25-24(21)30-33(26(25)27(28)35)19-8-10-20(11-9-19)36-22-7-5-4-6-18(22)2/h3-11,21,29H,1,12-17H2,2H3,(H2,28,35)/t21-/m1/s1. The van der Waals surface area contributed by atoms with Crippen LogP contribution in [0.5, 0.6) is 11.5 Å². The van der Waals surface area contributed by atoms with Crippen molar-refractivity contribution in [3.63, 3.8) is 0 Å². The molecule has 0 unspecified atom stereocenters. The molecule has 1 saturated heterocycles. The van der Waals surface area contributed by atoms with Crippen LogP contribution in [0.15, 0.2) is 61.2 Å². The number of aryl methyl sites for hydroxylation is 1. The van der Waals surface area contributed by atoms with Crippen molar-refractivity contribution >= 4 is 17.5 Å². The smallest absolute Gasteiger partial charge is 0.269 e. The van der Waals surface area contributed by atoms with Crippen LogP contribution in [0.1, 0.15) is 34.2 Å². The van der Waals surface area contributed by atoms with E-state index in [1.165, 1.54) is 6.08 Å². The van der Waals surface area contributed by atoms with E-state index < -0.39 is 5.91 Å². The second-order valence-electron chi connectivity index (χ2n) is 9.04. The van der Waals surface area contributed by atoms with Crippen LogP contribution in [0.25, 0.3) is 5.69 Å². The fraction of sp³-hybridized carbons (Fsp3) is 0.296. The van der Waals surface area contributed by atoms with E-state index in [1.807, 2.05) is 55.5 Å². The first-order valence-corrected chi connectivity index (χ1v) is 12.1. The molecule has 0 saturated carbocycles. The van der Waals surface area contributed by atoms with Gasteiger partial charge in [0.15, 0.2) is 5.69 Å². The Hall–Kier alpha value is -4.11. The molecule has 36 heavy (non-hydrogen) atoms. The summed E-state index contributed by atoms with van der Waals surface area (Å²) < 4.78 is 7.63. The van der Waals surface area contributed by atoms with Gasteiger partial charge >= 0.3 is 0 Å². The van der Waals surface area contributed by atoms with Gasteiger partial charge in [0.2, 0.25) is 5.91 Å². The lowest BCUT2D eigenvalue weighted by Gasteiger charge is -2.40. The second-order valence-corrected chi connectivity index (χ2v) is 9.04. The number of para-hydroxylation sites is 1. The molecule has 5 rings (SSSR count). The maximum atomic E-state index is 12.5. The zero-order valence-corrected chi connectivity index (χ0v) is 20.3. The van der Waals surface area contributed by atoms with Gasteiger partial charge in [-0.05, 0) is 55.3 Å². The van der Waals surface area contributed by atoms with Crippen molar-refractivity contribution < 1.29 is 14.3 Å². The number of anilines is 1. The summed E-state index contributed by atoms with van der Waals surface area (Å²) in [4.78, 5) is 28.6. The normalized spacial score (nSPS) is 17.7. The van der Waals surface area contributed by atoms with Crippen LogP contribution in [0.2, 0.25) is 0 Å². The Morgan fingerprint density at radius 1 is 1.11 bits per heavy atom. The average molecular weight is 487 g/mol. The minimum Gasteiger partial charge on any atom is -0.457 e. The molecule has 1 atom stereocenters. The number of primary amides is 1. The fourth-order valence-electron chi connectivity index (χ4n) is 4.92. The zero-order valence-electron chi connectivity index (χ0n) is 20.3. The summed E-state index contributed by atoms with van der Waals surface area (Å²) in [7, 11) is 0. The van der Waals surface area contributed by atoms with Gasteiger partial charge in [0.25, 0.3) is 5.91 Å². The predicted molar refractivity (Wildman–Crippen MR) is 138 cm³/mol. The highest BCUT2D eigenvalue weighted by molar-refractivity contribution is 5.98. The fourth-order valence-corrected chi connectivity index (χ4v) is 4.92. The third kappa shape index (κ3) is 4.45. The number of hydrogen-bond acceptors (Lipinski definition) is 6. The minimum absolute atomic E-state index is 0.0326. The van der Waals surface area contributed by atoms with Crippen LogP contribution >= 0.6 is 0 Å². The number of piperazine rings is 1. The van der Waals surface area contributed by atoms with Crippen LogP contribution in [-0.2, 0) is 4.79 Å². The van der Waals surface area contributed by atoms with Crippen LogP contribution in [0.4, 0.5) is 5.69 Å². The molecule has 3 aromatic rings. The Morgan fingerprint density at radius 2 is 1.83 bits per heavy atom. The Morgan fingerprint density at radius 3 is 2.50 bits per heavy atom. The molecule has 0 spiro atoms. The number of carbonyl (C=O) groups excluding carboxylic acids is 2. The first-order chi connectivity index (χ1) is 17.5. The number of carbonyl (C=O) groups is 2. The summed E-state index contributed by atoms with van der Waals surface area (Å²) >= 11 is 0. The van der Waals surface area contributed by atoms with E-state index in [0.717, 1.165) is 42.2 Å². The molecule has 3 N–H and O–H groups in total. The highest BCUT2D eigenvalue weighted by Crippen LogP contribution is 2.37. The summed E-state index contributed by atoms with van der Waals surface area (Å²) in [6.07, 6.45) is 2.21. The zero-order chi connectivity index (χ0) is 25.2. The van der Waals surface area contributed by atoms with Gasteiger partial charge in [-0.1, -0.05) is 24.8 Å². The lowest BCUT2D eigenvalue weighted by molar-refractivity contribution is -0.128. The number of benzene rings is 2. The Bertz CT molecular complexity index is 1290. The molecule has 2 aliphatic rings. The molecule has 0 aliphatic carbocycles. The van der Waals surface area contributed by atoms with E-state index in [0.29, 0.717) is 36.8 Å². The number of rotatable bonds is 6. The quantitative estimate of drug-likeness (QED) is 0.518. The van der Waals surface area contributed by atoms with E-state index in [4.69, 9.17) is 15.6 Å². The predicted octanol–water partition coefficient (Wildman–Crippen LogP) is 3.26. The second kappa shape index (κ2) is 9.87. The Balaban J connectivity index is 1.41. The van der Waals surface area contributed by atoms with Gasteiger partial charge in [-0.2, -0.15) is 5.10 Å². The van der Waals surface area contributed by atoms with E-state index in [-0.39, 0.29) is 11.9 Å². The van der Waals surface area contributed by atoms with Crippen molar-refractivity contribution in [3.8, 4) is 17.2 Å². The highest BCUT2D eigenvalue weighted by Gasteiger charge is 2.35. The van der Waals surface area contributed by atoms with Gasteiger partial charge in [-0.15, -0.1) is 0 Å². The van der Waals surface area contributed by atoms with Gasteiger partial charge in [-0.25, -0.2) is 4.68 Å². The monoisotopic (exact) mass is 486 g/mol. The first kappa shape index (κ1) is 23.6. The summed E-state index contributed by atoms with van der Waals surface area (Å²) in [6, 6.07) is 15.3. The summed E-state index contributed by atoms with van der Waals surface area (Å²) in [5.74, 6) is 0.891. The van der Waals surface area contributed by atoms with Crippen LogP contribution in [0, 0.1) is 6.92 Å². The van der Waals surface area contributed by atoms with Gasteiger partial charge in [0.1, 0.15) is 17.2 Å². The van der Waals surface area contributed by atoms with Crippen LogP contribution in [-0.4, -0.2) is 64.1 Å². The SMILES string of the molecule is C=CC(=O)N1CCN([C@@H]2CCNc3c2nn(-c2ccc(Oc4ccccc4C)cc2)c3C(N)=O)CC1. The van der Waals surface area contributed by atoms with Gasteiger partial charge in [-0.3, -0.25) is 14.5 Å². The van der Waals surface area contributed by atoms with Crippen molar-refractivity contribution in [1.82, 2.24) is 19.6 Å². The lowest BCUT2D eigenvalue weighted by Crippen LogP contribution is -2.50. The van der Waals surface area contributed by atoms with Crippen molar-refractivity contribution in [2.24, 2.45) is 5.73 Å². The Kier molecular flexibility index (Phi) is 6.47. The van der Waals surface area contributed by atoms with E-state index >= 15 is 0 Å². The summed E-state index contributed by atoms with van der Waals surface area (Å²) in [5.41, 5.74) is 9.42. The van der Waals surface area contributed by atoms with Gasteiger partial charge in [0.05, 0.1) is 17.4 Å². The number of nitrogens with one attached hydrogen (secondary N) is 1. The third-order valence-corrected chi connectivity index (χ3v) is 6.83. The van der Waals surface area contributed by atoms with Crippen molar-refractivity contribution in [2.45, 2.75) is 19.4 Å². The third-order valence-electron chi connectivity index (χ3n) is 6.83. The van der Waals surface area contributed by atoms with E-state index in [2.05, 4.69) is 16.8 Å². The van der Waals surface area contributed by atoms with Gasteiger partial charge in [0, 0.05) is 32.7 Å². The lowest BCUT2D eigenvalue weighted by atomic mass is 10.0. The van der Waals surface area contributed by atoms with Gasteiger partial charge < -0.3 is 20.7 Å². The maximum Gasteiger partial charge on any atom is 0.269 e. The molecular formula is C27H30N6O3. The average Bonchev–Trinajstić information content (AvgIpc) is 3.30. The largest absolute Gasteiger partial charge is 0.457 e. The molecule has 2 aliphatic heterocycles. The molecule has 2 amide bonds. The molecule has 186 valence electrons. The molecular weight excluding hydrogens is 456 g/mol. The van der Waals surface area contributed by atoms with Crippen LogP contribution < -0.4 is 15.8 Å².